The van der Waals surface area contributed by atoms with Gasteiger partial charge in [0, 0.05) is 17.1 Å². The number of fused-ring (bicyclic) bond motifs is 1. The summed E-state index contributed by atoms with van der Waals surface area (Å²) in [7, 11) is 0. The lowest BCUT2D eigenvalue weighted by molar-refractivity contribution is 0.620. The van der Waals surface area contributed by atoms with Crippen LogP contribution in [0.25, 0.3) is 10.9 Å². The number of nitrogens with one attached hydrogen (secondary N) is 1. The van der Waals surface area contributed by atoms with Gasteiger partial charge in [0.15, 0.2) is 0 Å². The van der Waals surface area contributed by atoms with Gasteiger partial charge in [0.2, 0.25) is 0 Å². The quantitative estimate of drug-likeness (QED) is 0.645. The molecule has 0 aliphatic carbocycles. The number of hydrogen-bond donors (Lipinski definition) is 1. The summed E-state index contributed by atoms with van der Waals surface area (Å²) in [5, 5.41) is 1.50. The van der Waals surface area contributed by atoms with Crippen molar-refractivity contribution in [2.75, 3.05) is 0 Å². The first kappa shape index (κ1) is 7.62. The van der Waals surface area contributed by atoms with Crippen molar-refractivity contribution in [3.63, 3.8) is 0 Å². The summed E-state index contributed by atoms with van der Waals surface area (Å²) in [6.45, 7) is 1.72. The molecule has 62 valence electrons. The van der Waals surface area contributed by atoms with Crippen LogP contribution in [0.5, 0.6) is 0 Å². The van der Waals surface area contributed by atoms with Crippen LogP contribution in [-0.2, 0) is 0 Å². The molecule has 0 aliphatic rings. The smallest absolute Gasteiger partial charge is 0.128 e. The zero-order chi connectivity index (χ0) is 8.72. The number of aryl methyl sites for hydroxylation is 1. The van der Waals surface area contributed by atoms with E-state index in [2.05, 4.69) is 4.98 Å². The average molecular weight is 184 g/mol. The van der Waals surface area contributed by atoms with E-state index in [0.717, 1.165) is 10.9 Å². The van der Waals surface area contributed by atoms with Crippen molar-refractivity contribution < 1.29 is 4.39 Å². The highest BCUT2D eigenvalue weighted by molar-refractivity contribution is 6.35. The number of H-pyrrole nitrogens is 1. The van der Waals surface area contributed by atoms with E-state index in [1.165, 1.54) is 6.07 Å². The van der Waals surface area contributed by atoms with E-state index in [9.17, 15) is 4.39 Å². The maximum absolute atomic E-state index is 13.0. The molecule has 0 saturated heterocycles. The molecule has 0 aliphatic heterocycles. The Bertz CT molecular complexity index is 433. The second-order valence-electron chi connectivity index (χ2n) is 2.78. The van der Waals surface area contributed by atoms with Crippen LogP contribution in [0.4, 0.5) is 4.39 Å². The summed E-state index contributed by atoms with van der Waals surface area (Å²) in [6.07, 6.45) is 1.66. The number of aromatic amines is 1. The van der Waals surface area contributed by atoms with Gasteiger partial charge in [0.25, 0.3) is 0 Å². The predicted octanol–water partition coefficient (Wildman–Crippen LogP) is 3.27. The highest BCUT2D eigenvalue weighted by Crippen LogP contribution is 2.25. The number of halogens is 2. The number of benzene rings is 1. The molecule has 0 bridgehead atoms. The highest BCUT2D eigenvalue weighted by Gasteiger charge is 2.04. The molecule has 1 heterocycles. The van der Waals surface area contributed by atoms with E-state index >= 15 is 0 Å². The van der Waals surface area contributed by atoms with E-state index in [1.807, 2.05) is 0 Å². The normalized spacial score (nSPS) is 10.9. The first-order valence-corrected chi connectivity index (χ1v) is 3.99. The van der Waals surface area contributed by atoms with E-state index in [-0.39, 0.29) is 5.82 Å². The van der Waals surface area contributed by atoms with E-state index in [4.69, 9.17) is 11.6 Å². The molecule has 12 heavy (non-hydrogen) atoms. The largest absolute Gasteiger partial charge is 0.360 e. The van der Waals surface area contributed by atoms with Gasteiger partial charge < -0.3 is 4.98 Å². The van der Waals surface area contributed by atoms with Gasteiger partial charge in [-0.05, 0) is 24.6 Å². The van der Waals surface area contributed by atoms with Crippen LogP contribution in [0.1, 0.15) is 5.56 Å². The van der Waals surface area contributed by atoms with E-state index in [0.29, 0.717) is 10.6 Å². The zero-order valence-corrected chi connectivity index (χ0v) is 7.24. The van der Waals surface area contributed by atoms with Crippen LogP contribution in [0.15, 0.2) is 18.3 Å². The third kappa shape index (κ3) is 0.994. The number of aromatic nitrogens is 1. The molecule has 0 amide bonds. The van der Waals surface area contributed by atoms with Gasteiger partial charge in [-0.1, -0.05) is 11.6 Å². The van der Waals surface area contributed by atoms with Crippen LogP contribution < -0.4 is 0 Å². The maximum Gasteiger partial charge on any atom is 0.128 e. The van der Waals surface area contributed by atoms with E-state index in [1.54, 1.807) is 19.2 Å². The molecule has 2 aromatic rings. The lowest BCUT2D eigenvalue weighted by Crippen LogP contribution is -1.80. The van der Waals surface area contributed by atoms with Gasteiger partial charge >= 0.3 is 0 Å². The second-order valence-corrected chi connectivity index (χ2v) is 3.19. The van der Waals surface area contributed by atoms with Crippen LogP contribution in [0.2, 0.25) is 5.02 Å². The monoisotopic (exact) mass is 183 g/mol. The van der Waals surface area contributed by atoms with Crippen LogP contribution in [0.3, 0.4) is 0 Å². The Labute approximate surface area is 74.2 Å². The molecule has 1 aromatic heterocycles. The molecule has 1 N–H and O–H groups in total. The van der Waals surface area contributed by atoms with Crippen molar-refractivity contribution in [3.8, 4) is 0 Å². The predicted molar refractivity (Wildman–Crippen MR) is 48.0 cm³/mol. The van der Waals surface area contributed by atoms with Crippen LogP contribution in [0, 0.1) is 12.7 Å². The topological polar surface area (TPSA) is 15.8 Å². The minimum atomic E-state index is -0.207. The van der Waals surface area contributed by atoms with Gasteiger partial charge in [-0.3, -0.25) is 0 Å². The van der Waals surface area contributed by atoms with Gasteiger partial charge in [-0.2, -0.15) is 0 Å². The van der Waals surface area contributed by atoms with Crippen molar-refractivity contribution in [1.29, 1.82) is 0 Å². The van der Waals surface area contributed by atoms with Crippen LogP contribution >= 0.6 is 11.6 Å². The second kappa shape index (κ2) is 2.49. The van der Waals surface area contributed by atoms with Crippen molar-refractivity contribution in [3.05, 3.63) is 34.7 Å². The lowest BCUT2D eigenvalue weighted by atomic mass is 10.2. The maximum atomic E-state index is 13.0. The third-order valence-corrected chi connectivity index (χ3v) is 2.22. The average Bonchev–Trinajstić information content (AvgIpc) is 2.35. The first-order valence-electron chi connectivity index (χ1n) is 3.61. The van der Waals surface area contributed by atoms with Gasteiger partial charge in [0.1, 0.15) is 5.82 Å². The van der Waals surface area contributed by atoms with Crippen molar-refractivity contribution in [2.45, 2.75) is 6.92 Å². The summed E-state index contributed by atoms with van der Waals surface area (Å²) in [5.41, 5.74) is 1.35. The molecule has 0 saturated carbocycles. The Morgan fingerprint density at radius 3 is 2.92 bits per heavy atom. The van der Waals surface area contributed by atoms with Gasteiger partial charge in [-0.25, -0.2) is 4.39 Å². The molecule has 0 radical (unpaired) electrons. The zero-order valence-electron chi connectivity index (χ0n) is 6.49. The Morgan fingerprint density at radius 1 is 1.42 bits per heavy atom. The fourth-order valence-corrected chi connectivity index (χ4v) is 1.43. The highest BCUT2D eigenvalue weighted by atomic mass is 35.5. The molecular weight excluding hydrogens is 177 g/mol. The Balaban J connectivity index is 2.87. The molecule has 3 heteroatoms. The Kier molecular flexibility index (Phi) is 1.58. The molecule has 0 spiro atoms. The molecule has 1 nitrogen and oxygen atoms in total. The third-order valence-electron chi connectivity index (χ3n) is 1.91. The van der Waals surface area contributed by atoms with E-state index < -0.39 is 0 Å². The van der Waals surface area contributed by atoms with Crippen molar-refractivity contribution in [1.82, 2.24) is 4.98 Å². The van der Waals surface area contributed by atoms with Crippen molar-refractivity contribution >= 4 is 22.5 Å². The Morgan fingerprint density at radius 2 is 2.17 bits per heavy atom. The SMILES string of the molecule is Cc1cc2c(Cl)c[nH]c2cc1F. The molecule has 0 fully saturated rings. The fraction of sp³-hybridized carbons (Fsp3) is 0.111. The molecular formula is C9H7ClFN. The molecule has 2 rings (SSSR count). The lowest BCUT2D eigenvalue weighted by Gasteiger charge is -1.95. The van der Waals surface area contributed by atoms with Crippen LogP contribution in [-0.4, -0.2) is 4.98 Å². The molecule has 1 aromatic carbocycles. The first-order chi connectivity index (χ1) is 5.68. The standard InChI is InChI=1S/C9H7ClFN/c1-5-2-6-7(10)4-12-9(6)3-8(5)11/h2-4,12H,1H3. The number of rotatable bonds is 0. The van der Waals surface area contributed by atoms with Gasteiger partial charge in [-0.15, -0.1) is 0 Å². The Hall–Kier alpha value is -1.02. The van der Waals surface area contributed by atoms with Crippen molar-refractivity contribution in [2.24, 2.45) is 0 Å². The molecule has 0 unspecified atom stereocenters. The minimum Gasteiger partial charge on any atom is -0.360 e. The summed E-state index contributed by atoms with van der Waals surface area (Å²) in [5.74, 6) is -0.207. The minimum absolute atomic E-state index is 0.207. The van der Waals surface area contributed by atoms with Gasteiger partial charge in [0.05, 0.1) is 5.02 Å². The fourth-order valence-electron chi connectivity index (χ4n) is 1.22. The molecule has 0 atom stereocenters. The number of hydrogen-bond acceptors (Lipinski definition) is 0. The summed E-state index contributed by atoms with van der Waals surface area (Å²) >= 11 is 5.84. The summed E-state index contributed by atoms with van der Waals surface area (Å²) in [4.78, 5) is 2.88. The summed E-state index contributed by atoms with van der Waals surface area (Å²) < 4.78 is 13.0. The summed E-state index contributed by atoms with van der Waals surface area (Å²) in [6, 6.07) is 3.19.